The Hall–Kier alpha value is -0.570. The SMILES string of the molecule is Cc1cc2c(o1)C(C(C)C)CCC2(C)C(=O)CBr. The molecule has 2 rings (SSSR count). The van der Waals surface area contributed by atoms with Gasteiger partial charge in [0.15, 0.2) is 5.78 Å². The van der Waals surface area contributed by atoms with E-state index < -0.39 is 0 Å². The summed E-state index contributed by atoms with van der Waals surface area (Å²) in [6, 6.07) is 2.06. The van der Waals surface area contributed by atoms with E-state index in [1.165, 1.54) is 0 Å². The van der Waals surface area contributed by atoms with E-state index in [-0.39, 0.29) is 11.2 Å². The predicted octanol–water partition coefficient (Wildman–Crippen LogP) is 4.34. The number of rotatable bonds is 3. The second kappa shape index (κ2) is 4.84. The fraction of sp³-hybridized carbons (Fsp3) is 0.667. The number of furan rings is 1. The highest BCUT2D eigenvalue weighted by Gasteiger charge is 2.43. The Morgan fingerprint density at radius 1 is 1.61 bits per heavy atom. The molecule has 1 aromatic rings. The molecule has 0 radical (unpaired) electrons. The molecular weight excluding hydrogens is 292 g/mol. The number of Topliss-reactive ketones (excluding diaryl/α,β-unsaturated/α-hetero) is 1. The van der Waals surface area contributed by atoms with Gasteiger partial charge in [0.2, 0.25) is 0 Å². The highest BCUT2D eigenvalue weighted by atomic mass is 79.9. The van der Waals surface area contributed by atoms with Gasteiger partial charge in [0.1, 0.15) is 11.5 Å². The molecule has 18 heavy (non-hydrogen) atoms. The molecule has 0 bridgehead atoms. The maximum Gasteiger partial charge on any atom is 0.153 e. The van der Waals surface area contributed by atoms with Crippen LogP contribution in [0.25, 0.3) is 0 Å². The zero-order chi connectivity index (χ0) is 13.5. The molecule has 1 aliphatic carbocycles. The Labute approximate surface area is 117 Å². The molecule has 2 atom stereocenters. The van der Waals surface area contributed by atoms with E-state index in [0.29, 0.717) is 17.2 Å². The maximum atomic E-state index is 12.2. The average Bonchev–Trinajstić information content (AvgIpc) is 2.70. The summed E-state index contributed by atoms with van der Waals surface area (Å²) in [4.78, 5) is 12.2. The summed E-state index contributed by atoms with van der Waals surface area (Å²) in [6.45, 7) is 8.47. The van der Waals surface area contributed by atoms with Gasteiger partial charge in [-0.25, -0.2) is 0 Å². The van der Waals surface area contributed by atoms with E-state index in [9.17, 15) is 4.79 Å². The molecule has 0 N–H and O–H groups in total. The molecule has 0 spiro atoms. The molecule has 3 heteroatoms. The molecule has 0 saturated heterocycles. The highest BCUT2D eigenvalue weighted by Crippen LogP contribution is 2.47. The number of carbonyl (C=O) groups is 1. The summed E-state index contributed by atoms with van der Waals surface area (Å²) in [5.41, 5.74) is 0.747. The number of ketones is 1. The van der Waals surface area contributed by atoms with Gasteiger partial charge in [0.25, 0.3) is 0 Å². The first-order valence-corrected chi connectivity index (χ1v) is 7.72. The van der Waals surface area contributed by atoms with Crippen LogP contribution in [0.5, 0.6) is 0 Å². The minimum absolute atomic E-state index is 0.256. The van der Waals surface area contributed by atoms with E-state index >= 15 is 0 Å². The van der Waals surface area contributed by atoms with Crippen LogP contribution >= 0.6 is 15.9 Å². The minimum atomic E-state index is -0.373. The van der Waals surface area contributed by atoms with Crippen molar-refractivity contribution in [1.29, 1.82) is 0 Å². The first-order valence-electron chi connectivity index (χ1n) is 6.60. The number of fused-ring (bicyclic) bond motifs is 1. The van der Waals surface area contributed by atoms with Crippen LogP contribution in [0, 0.1) is 12.8 Å². The van der Waals surface area contributed by atoms with Crippen molar-refractivity contribution in [3.05, 3.63) is 23.2 Å². The van der Waals surface area contributed by atoms with Gasteiger partial charge in [-0.3, -0.25) is 4.79 Å². The van der Waals surface area contributed by atoms with Crippen molar-refractivity contribution in [2.75, 3.05) is 5.33 Å². The van der Waals surface area contributed by atoms with E-state index in [0.717, 1.165) is 29.9 Å². The number of halogens is 1. The molecule has 0 saturated carbocycles. The second-order valence-corrected chi connectivity index (χ2v) is 6.47. The molecule has 1 heterocycles. The largest absolute Gasteiger partial charge is 0.466 e. The number of hydrogen-bond acceptors (Lipinski definition) is 2. The Morgan fingerprint density at radius 3 is 2.83 bits per heavy atom. The fourth-order valence-electron chi connectivity index (χ4n) is 3.02. The minimum Gasteiger partial charge on any atom is -0.466 e. The van der Waals surface area contributed by atoms with Crippen molar-refractivity contribution in [2.24, 2.45) is 5.92 Å². The summed E-state index contributed by atoms with van der Waals surface area (Å²) in [7, 11) is 0. The fourth-order valence-corrected chi connectivity index (χ4v) is 3.64. The summed E-state index contributed by atoms with van der Waals surface area (Å²) in [6.07, 6.45) is 1.96. The van der Waals surface area contributed by atoms with Crippen molar-refractivity contribution < 1.29 is 9.21 Å². The smallest absolute Gasteiger partial charge is 0.153 e. The Kier molecular flexibility index (Phi) is 3.72. The lowest BCUT2D eigenvalue weighted by Gasteiger charge is -2.36. The van der Waals surface area contributed by atoms with Crippen LogP contribution in [0.15, 0.2) is 10.5 Å². The molecule has 1 aromatic heterocycles. The summed E-state index contributed by atoms with van der Waals surface area (Å²) in [5.74, 6) is 3.22. The topological polar surface area (TPSA) is 30.2 Å². The number of hydrogen-bond donors (Lipinski definition) is 0. The Balaban J connectivity index is 2.51. The number of carbonyl (C=O) groups excluding carboxylic acids is 1. The average molecular weight is 313 g/mol. The van der Waals surface area contributed by atoms with Gasteiger partial charge in [-0.05, 0) is 38.7 Å². The van der Waals surface area contributed by atoms with Crippen LogP contribution in [0.3, 0.4) is 0 Å². The standard InChI is InChI=1S/C15H21BrO2/c1-9(2)11-5-6-15(4,13(17)8-16)12-7-10(3)18-14(11)12/h7,9,11H,5-6,8H2,1-4H3. The van der Waals surface area contributed by atoms with Crippen LogP contribution in [0.4, 0.5) is 0 Å². The Bertz CT molecular complexity index is 461. The van der Waals surface area contributed by atoms with Crippen LogP contribution in [-0.4, -0.2) is 11.1 Å². The van der Waals surface area contributed by atoms with Crippen molar-refractivity contribution in [3.63, 3.8) is 0 Å². The monoisotopic (exact) mass is 312 g/mol. The van der Waals surface area contributed by atoms with Gasteiger partial charge in [0, 0.05) is 11.5 Å². The number of alkyl halides is 1. The van der Waals surface area contributed by atoms with Crippen LogP contribution in [-0.2, 0) is 10.2 Å². The van der Waals surface area contributed by atoms with Crippen molar-refractivity contribution >= 4 is 21.7 Å². The molecule has 1 aliphatic rings. The van der Waals surface area contributed by atoms with Gasteiger partial charge in [-0.15, -0.1) is 0 Å². The molecule has 0 fully saturated rings. The summed E-state index contributed by atoms with van der Waals surface area (Å²) < 4.78 is 5.90. The second-order valence-electron chi connectivity index (χ2n) is 5.91. The molecule has 0 aromatic carbocycles. The lowest BCUT2D eigenvalue weighted by molar-refractivity contribution is -0.122. The zero-order valence-corrected chi connectivity index (χ0v) is 13.1. The van der Waals surface area contributed by atoms with Gasteiger partial charge >= 0.3 is 0 Å². The molecule has 0 aliphatic heterocycles. The van der Waals surface area contributed by atoms with Gasteiger partial charge < -0.3 is 4.42 Å². The van der Waals surface area contributed by atoms with E-state index in [2.05, 4.69) is 42.8 Å². The van der Waals surface area contributed by atoms with Crippen molar-refractivity contribution in [2.45, 2.75) is 51.9 Å². The van der Waals surface area contributed by atoms with Gasteiger partial charge in [0.05, 0.1) is 10.7 Å². The zero-order valence-electron chi connectivity index (χ0n) is 11.5. The van der Waals surface area contributed by atoms with E-state index in [1.807, 2.05) is 6.92 Å². The Morgan fingerprint density at radius 2 is 2.28 bits per heavy atom. The molecule has 2 nitrogen and oxygen atoms in total. The quantitative estimate of drug-likeness (QED) is 0.777. The summed E-state index contributed by atoms with van der Waals surface area (Å²) in [5, 5.41) is 0.416. The highest BCUT2D eigenvalue weighted by molar-refractivity contribution is 9.09. The first kappa shape index (κ1) is 13.9. The van der Waals surface area contributed by atoms with Crippen molar-refractivity contribution in [3.8, 4) is 0 Å². The number of aryl methyl sites for hydroxylation is 1. The third kappa shape index (κ3) is 2.07. The molecule has 0 amide bonds. The lowest BCUT2D eigenvalue weighted by Crippen LogP contribution is -2.38. The maximum absolute atomic E-state index is 12.2. The third-order valence-corrected chi connectivity index (χ3v) is 4.82. The summed E-state index contributed by atoms with van der Waals surface area (Å²) >= 11 is 3.31. The van der Waals surface area contributed by atoms with Gasteiger partial charge in [-0.2, -0.15) is 0 Å². The van der Waals surface area contributed by atoms with Crippen LogP contribution < -0.4 is 0 Å². The normalized spacial score (nSPS) is 27.3. The van der Waals surface area contributed by atoms with Crippen LogP contribution in [0.2, 0.25) is 0 Å². The van der Waals surface area contributed by atoms with Crippen molar-refractivity contribution in [1.82, 2.24) is 0 Å². The molecule has 100 valence electrons. The predicted molar refractivity (Wildman–Crippen MR) is 76.4 cm³/mol. The van der Waals surface area contributed by atoms with E-state index in [4.69, 9.17) is 4.42 Å². The van der Waals surface area contributed by atoms with Gasteiger partial charge in [-0.1, -0.05) is 29.8 Å². The first-order chi connectivity index (χ1) is 8.40. The van der Waals surface area contributed by atoms with E-state index in [1.54, 1.807) is 0 Å². The van der Waals surface area contributed by atoms with Crippen LogP contribution in [0.1, 0.15) is 56.6 Å². The third-order valence-electron chi connectivity index (χ3n) is 4.31. The molecular formula is C15H21BrO2. The molecule has 2 unspecified atom stereocenters. The lowest BCUT2D eigenvalue weighted by atomic mass is 9.66.